The van der Waals surface area contributed by atoms with Crippen molar-refractivity contribution in [1.82, 2.24) is 10.2 Å². The minimum atomic E-state index is -0.176. The topological polar surface area (TPSA) is 83.6 Å². The van der Waals surface area contributed by atoms with Crippen LogP contribution >= 0.6 is 113 Å². The van der Waals surface area contributed by atoms with Crippen molar-refractivity contribution in [3.63, 3.8) is 0 Å². The Balaban J connectivity index is 0.980. The Morgan fingerprint density at radius 2 is 0.904 bits per heavy atom. The molecule has 2 unspecified atom stereocenters. The van der Waals surface area contributed by atoms with Gasteiger partial charge < -0.3 is 5.32 Å². The van der Waals surface area contributed by atoms with E-state index in [4.69, 9.17) is 0 Å². The van der Waals surface area contributed by atoms with Crippen LogP contribution in [-0.2, 0) is 12.8 Å². The summed E-state index contributed by atoms with van der Waals surface area (Å²) in [5.74, 6) is 0.796. The van der Waals surface area contributed by atoms with Gasteiger partial charge in [-0.2, -0.15) is 0 Å². The monoisotopic (exact) mass is 1430 g/mol. The standard InChI is InChI=1S/C78H86N2O4S10/c1-7-13-17-19-21-23-39-79-76(82)67-54(47-81)70(93-73(67)59-29-25-41-85-59)61-37-35-55(89-61)63-45-52-65(57-33-31-50(87-57)43-48(11-5)27-15-9-3)72-53(66(71(52)91-63)58-34-32-51(88-58)44-49(12-6)28-16-10-4)46-64(92-72)56-36-38-62(90-56)75-69-68(74(94-75)60-30-26-42-86-60)77(83)80(78(69)84)40-24-22-20-18-14-8-2/h25-26,29-38,41-42,45-49H,7-24,27-28,39-40,43-44H2,1-6H3,(H,79,82). The average Bonchev–Trinajstić information content (AvgIpc) is 1.57. The highest BCUT2D eigenvalue weighted by molar-refractivity contribution is 7.32. The maximum atomic E-state index is 14.7. The number of unbranched alkanes of at least 4 members (excludes halogenated alkanes) is 12. The summed E-state index contributed by atoms with van der Waals surface area (Å²) in [7, 11) is 0. The van der Waals surface area contributed by atoms with Crippen LogP contribution in [0.2, 0.25) is 0 Å². The summed E-state index contributed by atoms with van der Waals surface area (Å²) in [6, 6.07) is 31.5. The molecule has 3 amide bonds. The van der Waals surface area contributed by atoms with Crippen LogP contribution in [0, 0.1) is 11.8 Å². The zero-order valence-electron chi connectivity index (χ0n) is 55.1. The molecule has 16 heteroatoms. The zero-order valence-corrected chi connectivity index (χ0v) is 63.3. The Hall–Kier alpha value is -4.98. The number of hydrogen-bond donors (Lipinski definition) is 1. The molecule has 0 aliphatic carbocycles. The van der Waals surface area contributed by atoms with Crippen molar-refractivity contribution in [1.29, 1.82) is 0 Å². The summed E-state index contributed by atoms with van der Waals surface area (Å²) in [4.78, 5) is 76.0. The second-order valence-electron chi connectivity index (χ2n) is 25.2. The molecule has 0 fully saturated rings. The fourth-order valence-electron chi connectivity index (χ4n) is 13.3. The summed E-state index contributed by atoms with van der Waals surface area (Å²) in [6.45, 7) is 14.8. The second-order valence-corrected chi connectivity index (χ2v) is 35.8. The van der Waals surface area contributed by atoms with Crippen LogP contribution in [0.1, 0.15) is 221 Å². The molecular weight excluding hydrogens is 1350 g/mol. The second kappa shape index (κ2) is 32.6. The predicted octanol–water partition coefficient (Wildman–Crippen LogP) is 27.3. The fraction of sp³-hybridized carbons (Fsp3) is 0.410. The summed E-state index contributed by atoms with van der Waals surface area (Å²) in [5.41, 5.74) is 4.67. The Bertz CT molecular complexity index is 4240. The van der Waals surface area contributed by atoms with Gasteiger partial charge in [0.2, 0.25) is 0 Å². The van der Waals surface area contributed by atoms with Gasteiger partial charge in [0.15, 0.2) is 6.29 Å². The van der Waals surface area contributed by atoms with Crippen molar-refractivity contribution < 1.29 is 19.2 Å². The summed E-state index contributed by atoms with van der Waals surface area (Å²) >= 11 is 17.5. The predicted molar refractivity (Wildman–Crippen MR) is 418 cm³/mol. The van der Waals surface area contributed by atoms with Gasteiger partial charge in [0.05, 0.1) is 36.2 Å². The molecule has 12 rings (SSSR count). The highest BCUT2D eigenvalue weighted by Gasteiger charge is 2.42. The van der Waals surface area contributed by atoms with Gasteiger partial charge in [-0.25, -0.2) is 0 Å². The maximum absolute atomic E-state index is 14.7. The van der Waals surface area contributed by atoms with E-state index in [-0.39, 0.29) is 17.7 Å². The number of benzene rings is 1. The number of amides is 3. The van der Waals surface area contributed by atoms with E-state index >= 15 is 0 Å². The molecule has 94 heavy (non-hydrogen) atoms. The molecule has 0 saturated carbocycles. The third-order valence-electron chi connectivity index (χ3n) is 18.6. The summed E-state index contributed by atoms with van der Waals surface area (Å²) < 4.78 is 2.55. The Morgan fingerprint density at radius 1 is 0.447 bits per heavy atom. The number of aldehydes is 1. The smallest absolute Gasteiger partial charge is 0.263 e. The van der Waals surface area contributed by atoms with Crippen LogP contribution in [0.3, 0.4) is 0 Å². The Morgan fingerprint density at radius 3 is 1.40 bits per heavy atom. The molecule has 2 atom stereocenters. The first-order chi connectivity index (χ1) is 46.1. The van der Waals surface area contributed by atoms with E-state index < -0.39 is 0 Å². The molecule has 1 aliphatic heterocycles. The highest BCUT2D eigenvalue weighted by atomic mass is 32.1. The SMILES string of the molecule is CCCCCCCCNC(=O)c1c(-c2cccs2)sc(-c2ccc(-c3cc4c(-c5ccc(CC(CC)CCCC)s5)c5sc(-c6ccc(-c7sc(-c8cccs8)c8c7C(=O)N(CCCCCCCC)C8=O)s6)cc5c(-c5ccc(CC(CC)CCCC)s5)c4s3)s2)c1C=O. The van der Waals surface area contributed by atoms with Crippen molar-refractivity contribution in [2.45, 2.75) is 183 Å². The Labute approximate surface area is 596 Å². The van der Waals surface area contributed by atoms with E-state index in [2.05, 4.69) is 125 Å². The minimum Gasteiger partial charge on any atom is -0.352 e. The van der Waals surface area contributed by atoms with E-state index in [1.165, 1.54) is 155 Å². The number of rotatable bonds is 36. The maximum Gasteiger partial charge on any atom is 0.263 e. The van der Waals surface area contributed by atoms with E-state index in [0.717, 1.165) is 106 Å². The molecule has 0 bridgehead atoms. The molecule has 1 aromatic carbocycles. The average molecular weight is 1440 g/mol. The van der Waals surface area contributed by atoms with E-state index in [9.17, 15) is 19.2 Å². The fourth-order valence-corrected chi connectivity index (χ4v) is 25.0. The first kappa shape index (κ1) is 68.9. The molecule has 1 aliphatic rings. The van der Waals surface area contributed by atoms with Crippen molar-refractivity contribution in [3.05, 3.63) is 128 Å². The van der Waals surface area contributed by atoms with Crippen LogP contribution in [-0.4, -0.2) is 42.0 Å². The first-order valence-corrected chi connectivity index (χ1v) is 42.8. The molecule has 0 saturated heterocycles. The number of fused-ring (bicyclic) bond motifs is 3. The van der Waals surface area contributed by atoms with Crippen molar-refractivity contribution in [3.8, 4) is 79.4 Å². The lowest BCUT2D eigenvalue weighted by Gasteiger charge is -2.14. The van der Waals surface area contributed by atoms with Crippen LogP contribution in [0.15, 0.2) is 95.7 Å². The summed E-state index contributed by atoms with van der Waals surface area (Å²) in [6.07, 6.45) is 26.1. The molecule has 11 aromatic rings. The molecule has 10 aromatic heterocycles. The van der Waals surface area contributed by atoms with E-state index in [1.54, 1.807) is 68.0 Å². The first-order valence-electron chi connectivity index (χ1n) is 34.5. The van der Waals surface area contributed by atoms with Gasteiger partial charge in [0.25, 0.3) is 17.7 Å². The van der Waals surface area contributed by atoms with E-state index in [0.29, 0.717) is 47.2 Å². The number of imide groups is 1. The molecule has 6 nitrogen and oxygen atoms in total. The van der Waals surface area contributed by atoms with Gasteiger partial charge in [-0.15, -0.1) is 113 Å². The number of nitrogens with one attached hydrogen (secondary N) is 1. The zero-order chi connectivity index (χ0) is 65.2. The Kier molecular flexibility index (Phi) is 23.9. The van der Waals surface area contributed by atoms with Crippen molar-refractivity contribution in [2.75, 3.05) is 13.1 Å². The molecular formula is C78H86N2O4S10. The van der Waals surface area contributed by atoms with Crippen LogP contribution in [0.4, 0.5) is 0 Å². The highest BCUT2D eigenvalue weighted by Crippen LogP contribution is 2.57. The number of carbonyl (C=O) groups excluding carboxylic acids is 4. The lowest BCUT2D eigenvalue weighted by atomic mass is 9.95. The third kappa shape index (κ3) is 14.9. The normalized spacial score (nSPS) is 13.2. The lowest BCUT2D eigenvalue weighted by Crippen LogP contribution is -2.31. The largest absolute Gasteiger partial charge is 0.352 e. The number of carbonyl (C=O) groups is 4. The third-order valence-corrected chi connectivity index (χ3v) is 30.6. The molecule has 0 spiro atoms. The summed E-state index contributed by atoms with van der Waals surface area (Å²) in [5, 5.41) is 9.83. The molecule has 11 heterocycles. The van der Waals surface area contributed by atoms with Gasteiger partial charge in [-0.05, 0) is 121 Å². The number of hydrogen-bond acceptors (Lipinski definition) is 14. The van der Waals surface area contributed by atoms with Gasteiger partial charge in [-0.1, -0.05) is 169 Å². The van der Waals surface area contributed by atoms with Crippen molar-refractivity contribution >= 4 is 158 Å². The number of thiophene rings is 10. The van der Waals surface area contributed by atoms with Gasteiger partial charge in [0.1, 0.15) is 0 Å². The van der Waals surface area contributed by atoms with E-state index in [1.807, 2.05) is 62.9 Å². The number of nitrogens with zero attached hydrogens (tertiary/aromatic N) is 1. The lowest BCUT2D eigenvalue weighted by molar-refractivity contribution is 0.0651. The molecule has 492 valence electrons. The molecule has 1 N–H and O–H groups in total. The minimum absolute atomic E-state index is 0.152. The molecule has 0 radical (unpaired) electrons. The quantitative estimate of drug-likeness (QED) is 0.0241. The van der Waals surface area contributed by atoms with Gasteiger partial charge in [-0.3, -0.25) is 24.1 Å². The van der Waals surface area contributed by atoms with Gasteiger partial charge in [0, 0.05) is 108 Å². The van der Waals surface area contributed by atoms with Gasteiger partial charge >= 0.3 is 0 Å². The van der Waals surface area contributed by atoms with Crippen LogP contribution in [0.25, 0.3) is 99.6 Å². The van der Waals surface area contributed by atoms with Crippen molar-refractivity contribution in [2.24, 2.45) is 11.8 Å². The van der Waals surface area contributed by atoms with Crippen LogP contribution in [0.5, 0.6) is 0 Å². The van der Waals surface area contributed by atoms with Crippen LogP contribution < -0.4 is 5.32 Å².